The van der Waals surface area contributed by atoms with E-state index in [9.17, 15) is 18.0 Å². The van der Waals surface area contributed by atoms with Crippen LogP contribution in [0.2, 0.25) is 0 Å². The van der Waals surface area contributed by atoms with Crippen LogP contribution in [0.5, 0.6) is 5.75 Å². The zero-order valence-electron chi connectivity index (χ0n) is 17.1. The first-order valence-corrected chi connectivity index (χ1v) is 10.6. The molecule has 0 unspecified atom stereocenters. The van der Waals surface area contributed by atoms with Gasteiger partial charge in [0, 0.05) is 31.6 Å². The molecule has 31 heavy (non-hydrogen) atoms. The molecule has 1 aromatic heterocycles. The van der Waals surface area contributed by atoms with Gasteiger partial charge in [-0.3, -0.25) is 4.79 Å². The zero-order valence-corrected chi connectivity index (χ0v) is 17.1. The van der Waals surface area contributed by atoms with Gasteiger partial charge in [-0.25, -0.2) is 17.9 Å². The Balaban J connectivity index is 1.21. The Morgan fingerprint density at radius 1 is 1.29 bits per heavy atom. The smallest absolute Gasteiger partial charge is 0.260 e. The third kappa shape index (κ3) is 5.11. The normalized spacial score (nSPS) is 21.6. The molecule has 0 spiro atoms. The van der Waals surface area contributed by atoms with Gasteiger partial charge in [0.05, 0.1) is 6.61 Å². The fourth-order valence-corrected chi connectivity index (χ4v) is 4.38. The molecular weight excluding hydrogens is 411 g/mol. The third-order valence-corrected chi connectivity index (χ3v) is 6.05. The molecule has 0 bridgehead atoms. The number of anilines is 1. The van der Waals surface area contributed by atoms with Gasteiger partial charge >= 0.3 is 0 Å². The lowest BCUT2D eigenvalue weighted by molar-refractivity contribution is -0.132. The minimum Gasteiger partial charge on any atom is -0.493 e. The molecule has 0 aliphatic carbocycles. The van der Waals surface area contributed by atoms with E-state index in [0.29, 0.717) is 50.7 Å². The number of ether oxygens (including phenoxy) is 1. The Morgan fingerprint density at radius 2 is 2.10 bits per heavy atom. The number of carbonyl (C=O) groups is 1. The predicted molar refractivity (Wildman–Crippen MR) is 108 cm³/mol. The van der Waals surface area contributed by atoms with Crippen molar-refractivity contribution < 1.29 is 22.7 Å². The van der Waals surface area contributed by atoms with E-state index in [4.69, 9.17) is 4.74 Å². The summed E-state index contributed by atoms with van der Waals surface area (Å²) in [7, 11) is 0. The van der Waals surface area contributed by atoms with Gasteiger partial charge in [-0.2, -0.15) is 10.1 Å². The molecule has 2 atom stereocenters. The molecule has 168 valence electrons. The Labute approximate surface area is 178 Å². The van der Waals surface area contributed by atoms with Crippen LogP contribution in [0, 0.1) is 11.7 Å². The Bertz CT molecular complexity index is 885. The lowest BCUT2D eigenvalue weighted by Crippen LogP contribution is -2.46. The number of nitrogens with one attached hydrogen (secondary N) is 1. The second kappa shape index (κ2) is 9.57. The first kappa shape index (κ1) is 21.5. The molecule has 10 heteroatoms. The molecule has 1 saturated heterocycles. The number of halogens is 3. The molecule has 0 radical (unpaired) electrons. The van der Waals surface area contributed by atoms with Crippen molar-refractivity contribution in [2.24, 2.45) is 5.92 Å². The highest BCUT2D eigenvalue weighted by atomic mass is 19.3. The van der Waals surface area contributed by atoms with Gasteiger partial charge in [0.2, 0.25) is 11.9 Å². The summed E-state index contributed by atoms with van der Waals surface area (Å²) in [5.41, 5.74) is 0. The number of hydrogen-bond acceptors (Lipinski definition) is 5. The Morgan fingerprint density at radius 3 is 2.84 bits per heavy atom. The quantitative estimate of drug-likeness (QED) is 0.672. The van der Waals surface area contributed by atoms with E-state index in [1.54, 1.807) is 12.1 Å². The molecule has 2 aliphatic heterocycles. The van der Waals surface area contributed by atoms with E-state index in [1.807, 2.05) is 4.90 Å². The average molecular weight is 437 g/mol. The summed E-state index contributed by atoms with van der Waals surface area (Å²) in [5, 5.41) is 7.16. The molecule has 1 fully saturated rings. The number of carbonyl (C=O) groups excluding carboxylic acids is 1. The average Bonchev–Trinajstić information content (AvgIpc) is 3.24. The number of piperidine rings is 1. The van der Waals surface area contributed by atoms with E-state index >= 15 is 0 Å². The summed E-state index contributed by atoms with van der Waals surface area (Å²) in [5.74, 6) is 0.740. The van der Waals surface area contributed by atoms with Crippen molar-refractivity contribution in [3.8, 4) is 5.75 Å². The molecule has 7 nitrogen and oxygen atoms in total. The summed E-state index contributed by atoms with van der Waals surface area (Å²) in [4.78, 5) is 18.4. The van der Waals surface area contributed by atoms with Gasteiger partial charge in [0.25, 0.3) is 6.43 Å². The maximum atomic E-state index is 13.5. The number of alkyl halides is 2. The van der Waals surface area contributed by atoms with Crippen LogP contribution >= 0.6 is 0 Å². The van der Waals surface area contributed by atoms with Crippen LogP contribution in [0.1, 0.15) is 38.1 Å². The first-order chi connectivity index (χ1) is 15.0. The lowest BCUT2D eigenvalue weighted by Gasteiger charge is -2.40. The highest BCUT2D eigenvalue weighted by Gasteiger charge is 2.38. The van der Waals surface area contributed by atoms with E-state index in [2.05, 4.69) is 15.4 Å². The Kier molecular flexibility index (Phi) is 6.62. The number of benzene rings is 1. The van der Waals surface area contributed by atoms with Crippen LogP contribution < -0.4 is 10.1 Å². The van der Waals surface area contributed by atoms with E-state index in [-0.39, 0.29) is 23.7 Å². The highest BCUT2D eigenvalue weighted by molar-refractivity contribution is 5.76. The molecule has 1 N–H and O–H groups in total. The van der Waals surface area contributed by atoms with Crippen LogP contribution in [0.3, 0.4) is 0 Å². The van der Waals surface area contributed by atoms with Gasteiger partial charge < -0.3 is 15.0 Å². The van der Waals surface area contributed by atoms with Gasteiger partial charge in [-0.15, -0.1) is 0 Å². The standard InChI is InChI=1S/C21H26F3N5O2/c22-15-3-1-4-16(11-15)31-10-2-5-19(30)28-8-6-14(7-9-28)17-12-18(20(23)24)29-21(27-17)25-13-26-29/h1,3-4,11,13-14,17-18,20H,2,5-10,12H2,(H,25,26,27)/t17-,18+/m0/s1. The van der Waals surface area contributed by atoms with Crippen LogP contribution in [-0.2, 0) is 4.79 Å². The van der Waals surface area contributed by atoms with E-state index in [1.165, 1.54) is 23.1 Å². The van der Waals surface area contributed by atoms with Crippen LogP contribution in [0.15, 0.2) is 30.6 Å². The van der Waals surface area contributed by atoms with Gasteiger partial charge in [0.1, 0.15) is 23.9 Å². The Hall–Kier alpha value is -2.78. The third-order valence-electron chi connectivity index (χ3n) is 6.05. The second-order valence-corrected chi connectivity index (χ2v) is 8.04. The number of fused-ring (bicyclic) bond motifs is 1. The summed E-state index contributed by atoms with van der Waals surface area (Å²) >= 11 is 0. The summed E-state index contributed by atoms with van der Waals surface area (Å²) < 4.78 is 46.8. The maximum absolute atomic E-state index is 13.5. The number of amides is 1. The monoisotopic (exact) mass is 437 g/mol. The first-order valence-electron chi connectivity index (χ1n) is 10.6. The summed E-state index contributed by atoms with van der Waals surface area (Å²) in [6, 6.07) is 4.84. The highest BCUT2D eigenvalue weighted by Crippen LogP contribution is 2.35. The van der Waals surface area contributed by atoms with Crippen molar-refractivity contribution in [1.29, 1.82) is 0 Å². The van der Waals surface area contributed by atoms with Crippen molar-refractivity contribution in [3.05, 3.63) is 36.4 Å². The minimum absolute atomic E-state index is 0.0584. The second-order valence-electron chi connectivity index (χ2n) is 8.04. The van der Waals surface area contributed by atoms with E-state index < -0.39 is 12.5 Å². The van der Waals surface area contributed by atoms with Gasteiger partial charge in [-0.1, -0.05) is 6.07 Å². The van der Waals surface area contributed by atoms with Crippen LogP contribution in [-0.4, -0.2) is 57.7 Å². The number of aromatic nitrogens is 3. The van der Waals surface area contributed by atoms with Crippen molar-refractivity contribution in [3.63, 3.8) is 0 Å². The fraction of sp³-hybridized carbons (Fsp3) is 0.571. The molecule has 1 aromatic carbocycles. The molecule has 1 amide bonds. The minimum atomic E-state index is -2.50. The predicted octanol–water partition coefficient (Wildman–Crippen LogP) is 3.51. The molecule has 2 aliphatic rings. The lowest BCUT2D eigenvalue weighted by atomic mass is 9.85. The molecular formula is C21H26F3N5O2. The van der Waals surface area contributed by atoms with Gasteiger partial charge in [0.15, 0.2) is 0 Å². The van der Waals surface area contributed by atoms with Crippen LogP contribution in [0.25, 0.3) is 0 Å². The number of rotatable bonds is 7. The van der Waals surface area contributed by atoms with Crippen molar-refractivity contribution in [2.75, 3.05) is 25.0 Å². The molecule has 3 heterocycles. The zero-order chi connectivity index (χ0) is 21.8. The SMILES string of the molecule is O=C(CCCOc1cccc(F)c1)N1CCC([C@@H]2C[C@H](C(F)F)n3ncnc3N2)CC1. The van der Waals surface area contributed by atoms with Crippen LogP contribution in [0.4, 0.5) is 19.1 Å². The fourth-order valence-electron chi connectivity index (χ4n) is 4.38. The van der Waals surface area contributed by atoms with Gasteiger partial charge in [-0.05, 0) is 43.7 Å². The maximum Gasteiger partial charge on any atom is 0.260 e. The number of hydrogen-bond donors (Lipinski definition) is 1. The van der Waals surface area contributed by atoms with E-state index in [0.717, 1.165) is 12.8 Å². The van der Waals surface area contributed by atoms with Crippen molar-refractivity contribution >= 4 is 11.9 Å². The molecule has 0 saturated carbocycles. The number of nitrogens with zero attached hydrogens (tertiary/aromatic N) is 4. The van der Waals surface area contributed by atoms with Crippen molar-refractivity contribution in [2.45, 2.75) is 50.6 Å². The topological polar surface area (TPSA) is 72.3 Å². The number of likely N-dealkylation sites (tertiary alicyclic amines) is 1. The molecule has 2 aromatic rings. The largest absolute Gasteiger partial charge is 0.493 e. The van der Waals surface area contributed by atoms with Crippen molar-refractivity contribution in [1.82, 2.24) is 19.7 Å². The molecule has 4 rings (SSSR count). The summed E-state index contributed by atoms with van der Waals surface area (Å²) in [6.07, 6.45) is 1.51. The summed E-state index contributed by atoms with van der Waals surface area (Å²) in [6.45, 7) is 1.56.